The summed E-state index contributed by atoms with van der Waals surface area (Å²) < 4.78 is 27.1. The summed E-state index contributed by atoms with van der Waals surface area (Å²) in [6.07, 6.45) is 5.44. The highest BCUT2D eigenvalue weighted by molar-refractivity contribution is 5.98. The predicted octanol–water partition coefficient (Wildman–Crippen LogP) is 7.89. The van der Waals surface area contributed by atoms with Crippen LogP contribution in [0.3, 0.4) is 0 Å². The van der Waals surface area contributed by atoms with Gasteiger partial charge in [-0.2, -0.15) is 0 Å². The highest BCUT2D eigenvalue weighted by Crippen LogP contribution is 2.57. The lowest BCUT2D eigenvalue weighted by atomic mass is 9.92. The molecule has 5 aromatic carbocycles. The number of hydroxylamine groups is 3. The van der Waals surface area contributed by atoms with Crippen molar-refractivity contribution in [1.82, 2.24) is 21.4 Å². The molecule has 19 nitrogen and oxygen atoms in total. The number of aryl methyl sites for hydroxylation is 1. The molecule has 0 spiro atoms. The van der Waals surface area contributed by atoms with Gasteiger partial charge in [0.1, 0.15) is 41.3 Å². The van der Waals surface area contributed by atoms with Gasteiger partial charge in [0.25, 0.3) is 0 Å². The van der Waals surface area contributed by atoms with Crippen molar-refractivity contribution >= 4 is 35.6 Å². The van der Waals surface area contributed by atoms with Crippen LogP contribution in [-0.4, -0.2) is 82.6 Å². The van der Waals surface area contributed by atoms with Crippen LogP contribution >= 0.6 is 0 Å². The third-order valence-electron chi connectivity index (χ3n) is 14.5. The fraction of sp³-hybridized carbons (Fsp3) is 0.339. The third kappa shape index (κ3) is 15.0. The lowest BCUT2D eigenvalue weighted by Gasteiger charge is -2.20. The molecule has 426 valence electrons. The zero-order chi connectivity index (χ0) is 58.4. The number of benzene rings is 5. The predicted molar refractivity (Wildman–Crippen MR) is 293 cm³/mol. The molecule has 0 saturated heterocycles. The first-order chi connectivity index (χ1) is 38.8. The summed E-state index contributed by atoms with van der Waals surface area (Å²) in [5.41, 5.74) is 8.46. The molecule has 0 aliphatic heterocycles. The smallest absolute Gasteiger partial charge is 0.317 e. The molecular formula is C62H68N4O15. The van der Waals surface area contributed by atoms with Crippen molar-refractivity contribution in [2.24, 2.45) is 23.2 Å². The molecule has 3 aliphatic carbocycles. The zero-order valence-electron chi connectivity index (χ0n) is 46.0. The number of nitrogens with one attached hydrogen (secondary N) is 3. The fourth-order valence-corrected chi connectivity index (χ4v) is 9.78. The van der Waals surface area contributed by atoms with Gasteiger partial charge in [0.2, 0.25) is 17.7 Å². The van der Waals surface area contributed by atoms with Crippen LogP contribution in [0.2, 0.25) is 0 Å². The number of hydrogen-bond donors (Lipinski definition) is 6. The summed E-state index contributed by atoms with van der Waals surface area (Å²) in [5.74, 6) is -3.44. The monoisotopic (exact) mass is 1110 g/mol. The van der Waals surface area contributed by atoms with E-state index in [9.17, 15) is 33.9 Å². The number of ether oxygens (including phenoxy) is 5. The van der Waals surface area contributed by atoms with Crippen molar-refractivity contribution in [3.05, 3.63) is 191 Å². The Labute approximate surface area is 469 Å². The van der Waals surface area contributed by atoms with E-state index >= 15 is 0 Å². The van der Waals surface area contributed by atoms with Gasteiger partial charge in [0.15, 0.2) is 0 Å². The molecule has 3 aliphatic rings. The van der Waals surface area contributed by atoms with Crippen molar-refractivity contribution in [2.75, 3.05) is 20.8 Å². The summed E-state index contributed by atoms with van der Waals surface area (Å²) >= 11 is 0. The van der Waals surface area contributed by atoms with E-state index in [0.29, 0.717) is 67.5 Å². The number of esters is 2. The van der Waals surface area contributed by atoms with Gasteiger partial charge < -0.3 is 28.8 Å². The van der Waals surface area contributed by atoms with Gasteiger partial charge in [-0.25, -0.2) is 16.4 Å². The largest absolute Gasteiger partial charge is 0.493 e. The number of rotatable bonds is 21. The molecule has 6 atom stereocenters. The van der Waals surface area contributed by atoms with Gasteiger partial charge in [-0.3, -0.25) is 49.0 Å². The molecule has 3 saturated carbocycles. The Morgan fingerprint density at radius 3 is 1.73 bits per heavy atom. The molecule has 1 heterocycles. The normalized spacial score (nSPS) is 20.9. The Bertz CT molecular complexity index is 3140. The summed E-state index contributed by atoms with van der Waals surface area (Å²) in [5, 5.41) is 27.5. The Morgan fingerprint density at radius 1 is 0.568 bits per heavy atom. The minimum atomic E-state index is -1.22. The third-order valence-corrected chi connectivity index (χ3v) is 14.5. The van der Waals surface area contributed by atoms with Gasteiger partial charge in [-0.15, -0.1) is 0 Å². The van der Waals surface area contributed by atoms with Crippen LogP contribution in [0.1, 0.15) is 79.0 Å². The molecule has 1 aromatic heterocycles. The van der Waals surface area contributed by atoms with Crippen molar-refractivity contribution in [3.63, 3.8) is 0 Å². The second kappa shape index (κ2) is 26.5. The van der Waals surface area contributed by atoms with Crippen LogP contribution in [-0.2, 0) is 80.0 Å². The molecule has 6 aromatic rings. The molecule has 81 heavy (non-hydrogen) atoms. The minimum absolute atomic E-state index is 0.242. The first-order valence-corrected chi connectivity index (χ1v) is 26.2. The maximum Gasteiger partial charge on any atom is 0.317 e. The number of hydrogen-bond acceptors (Lipinski definition) is 15. The number of carboxylic acids is 1. The minimum Gasteiger partial charge on any atom is -0.493 e. The maximum atomic E-state index is 12.3. The molecule has 0 bridgehead atoms. The van der Waals surface area contributed by atoms with Crippen LogP contribution in [0.4, 0.5) is 0 Å². The van der Waals surface area contributed by atoms with Gasteiger partial charge in [0, 0.05) is 18.8 Å². The molecule has 6 N–H and O–H groups in total. The SMILES string of the molecule is CC(C)(C)ONC(=O)[C@@H]1C[C@]1(C(=O)O)c1ccc(OCc2ccccc2)cc1.COC(=O)[C@@]1(Cc2ccc(OCc3ccncc3)cc2)C[C@@H]1C(=O)NO.COC(=O)[C@]1(c2cccc(OCCc3cccc(C)c3)c2)C[C@H]1C(=O)NO. The Kier molecular flexibility index (Phi) is 19.7. The number of carbonyl (C=O) groups excluding carboxylic acids is 5. The maximum absolute atomic E-state index is 12.3. The molecule has 3 amide bonds. The van der Waals surface area contributed by atoms with Crippen molar-refractivity contribution < 1.29 is 72.8 Å². The van der Waals surface area contributed by atoms with E-state index in [0.717, 1.165) is 23.1 Å². The second-order valence-corrected chi connectivity index (χ2v) is 21.2. The van der Waals surface area contributed by atoms with E-state index in [2.05, 4.69) is 35.6 Å². The average molecular weight is 1110 g/mol. The topological polar surface area (TPSA) is 267 Å². The first kappa shape index (κ1) is 60.0. The van der Waals surface area contributed by atoms with E-state index in [4.69, 9.17) is 38.9 Å². The van der Waals surface area contributed by atoms with Gasteiger partial charge in [-0.05, 0) is 135 Å². The van der Waals surface area contributed by atoms with Crippen LogP contribution in [0.25, 0.3) is 0 Å². The van der Waals surface area contributed by atoms with Gasteiger partial charge >= 0.3 is 17.9 Å². The molecule has 0 unspecified atom stereocenters. The van der Waals surface area contributed by atoms with E-state index in [1.807, 2.05) is 78.9 Å². The van der Waals surface area contributed by atoms with Crippen LogP contribution in [0.5, 0.6) is 17.2 Å². The number of pyridine rings is 1. The lowest BCUT2D eigenvalue weighted by Crippen LogP contribution is -2.37. The number of methoxy groups -OCH3 is 2. The van der Waals surface area contributed by atoms with Crippen LogP contribution < -0.4 is 30.7 Å². The van der Waals surface area contributed by atoms with Gasteiger partial charge in [0.05, 0.1) is 49.6 Å². The fourth-order valence-electron chi connectivity index (χ4n) is 9.78. The second-order valence-electron chi connectivity index (χ2n) is 21.2. The summed E-state index contributed by atoms with van der Waals surface area (Å²) in [6, 6.07) is 43.2. The lowest BCUT2D eigenvalue weighted by molar-refractivity contribution is -0.150. The Hall–Kier alpha value is -8.65. The van der Waals surface area contributed by atoms with Crippen LogP contribution in [0, 0.1) is 30.1 Å². The standard InChI is InChI=1S/C22H25NO5.C21H23NO5.C19H20N2O5/c1-21(2,3)28-23-19(24)18-13-22(18,20(25)26)16-9-11-17(12-10-16)27-14-15-7-5-4-6-8-15;1-14-5-3-6-15(11-14)9-10-27-17-8-4-7-16(12-17)21(20(24)26-2)13-18(21)19(23)22-25;1-25-18(23)19(11-16(19)17(22)21-24)10-13-2-4-15(5-3-13)26-12-14-6-8-20-9-7-14/h4-12,18H,13-14H2,1-3H3,(H,23,24)(H,25,26);3-8,11-12,18,25H,9-10,13H2,1-2H3,(H,22,23);2-9,16,24H,10-12H2,1H3,(H,21,22)/t18-,22-;18-,21-;16-,19+/m001/s1. The van der Waals surface area contributed by atoms with E-state index in [1.54, 1.807) is 86.6 Å². The Balaban J connectivity index is 0.000000175. The van der Waals surface area contributed by atoms with E-state index in [-0.39, 0.29) is 6.42 Å². The van der Waals surface area contributed by atoms with E-state index in [1.165, 1.54) is 25.3 Å². The highest BCUT2D eigenvalue weighted by atomic mass is 16.7. The molecule has 0 radical (unpaired) electrons. The van der Waals surface area contributed by atoms with Crippen molar-refractivity contribution in [2.45, 2.75) is 89.4 Å². The molecule has 3 fully saturated rings. The molecule has 9 rings (SSSR count). The van der Waals surface area contributed by atoms with Crippen molar-refractivity contribution in [1.29, 1.82) is 0 Å². The van der Waals surface area contributed by atoms with Crippen LogP contribution in [0.15, 0.2) is 152 Å². The molecule has 19 heteroatoms. The number of aromatic nitrogens is 1. The number of carboxylic acid groups (broad SMARTS) is 1. The number of aliphatic carboxylic acids is 1. The van der Waals surface area contributed by atoms with Crippen molar-refractivity contribution in [3.8, 4) is 17.2 Å². The first-order valence-electron chi connectivity index (χ1n) is 26.2. The van der Waals surface area contributed by atoms with Gasteiger partial charge in [-0.1, -0.05) is 96.6 Å². The quantitative estimate of drug-likeness (QED) is 0.0227. The number of nitrogens with zero attached hydrogens (tertiary/aromatic N) is 1. The van der Waals surface area contributed by atoms with E-state index < -0.39 is 75.2 Å². The number of carbonyl (C=O) groups is 6. The Morgan fingerprint density at radius 2 is 1.14 bits per heavy atom. The zero-order valence-corrected chi connectivity index (χ0v) is 46.0. The average Bonchev–Trinajstić information content (AvgIpc) is 3.98. The number of amides is 3. The highest BCUT2D eigenvalue weighted by Gasteiger charge is 2.67. The molecular weight excluding hydrogens is 1040 g/mol. The summed E-state index contributed by atoms with van der Waals surface area (Å²) in [4.78, 5) is 81.5. The summed E-state index contributed by atoms with van der Waals surface area (Å²) in [6.45, 7) is 8.83. The summed E-state index contributed by atoms with van der Waals surface area (Å²) in [7, 11) is 2.59.